The Kier molecular flexibility index (Phi) is 5.39. The molecule has 0 spiro atoms. The van der Waals surface area contributed by atoms with Crippen LogP contribution in [0.5, 0.6) is 0 Å². The van der Waals surface area contributed by atoms with Crippen LogP contribution in [-0.2, 0) is 10.2 Å². The highest BCUT2D eigenvalue weighted by Crippen LogP contribution is 2.45. The first-order valence-electron chi connectivity index (χ1n) is 9.60. The van der Waals surface area contributed by atoms with E-state index in [2.05, 4.69) is 20.3 Å². The number of aromatic nitrogens is 3. The Morgan fingerprint density at radius 3 is 2.60 bits per heavy atom. The molecule has 2 heterocycles. The van der Waals surface area contributed by atoms with Crippen molar-refractivity contribution in [3.05, 3.63) is 66.5 Å². The lowest BCUT2D eigenvalue weighted by Gasteiger charge is -2.43. The highest BCUT2D eigenvalue weighted by Gasteiger charge is 2.48. The smallest absolute Gasteiger partial charge is 0.222 e. The molecule has 0 atom stereocenters. The molecule has 0 aliphatic heterocycles. The normalized spacial score (nSPS) is 20.3. The lowest BCUT2D eigenvalue weighted by Crippen LogP contribution is -2.49. The quantitative estimate of drug-likeness (QED) is 0.602. The van der Waals surface area contributed by atoms with Crippen LogP contribution in [0.1, 0.15) is 18.5 Å². The summed E-state index contributed by atoms with van der Waals surface area (Å²) in [5.41, 5.74) is 1.99. The second kappa shape index (κ2) is 8.14. The van der Waals surface area contributed by atoms with Crippen molar-refractivity contribution in [3.63, 3.8) is 0 Å². The van der Waals surface area contributed by atoms with Crippen LogP contribution in [-0.4, -0.2) is 41.1 Å². The second-order valence-electron chi connectivity index (χ2n) is 7.54. The summed E-state index contributed by atoms with van der Waals surface area (Å²) in [7, 11) is 1.68. The number of pyridine rings is 1. The molecule has 6 nitrogen and oxygen atoms in total. The van der Waals surface area contributed by atoms with E-state index in [-0.39, 0.29) is 18.5 Å². The molecule has 1 aliphatic carbocycles. The average Bonchev–Trinajstić information content (AvgIpc) is 2.76. The molecule has 8 heteroatoms. The molecule has 1 aromatic carbocycles. The van der Waals surface area contributed by atoms with Crippen LogP contribution in [0.3, 0.4) is 0 Å². The fourth-order valence-electron chi connectivity index (χ4n) is 3.77. The second-order valence-corrected chi connectivity index (χ2v) is 7.54. The van der Waals surface area contributed by atoms with E-state index in [1.54, 1.807) is 19.4 Å². The van der Waals surface area contributed by atoms with E-state index in [0.717, 1.165) is 23.2 Å². The maximum absolute atomic E-state index is 14.2. The zero-order valence-corrected chi connectivity index (χ0v) is 16.4. The van der Waals surface area contributed by atoms with Gasteiger partial charge in [-0.2, -0.15) is 0 Å². The minimum absolute atomic E-state index is 0.211. The predicted octanol–water partition coefficient (Wildman–Crippen LogP) is 3.75. The summed E-state index contributed by atoms with van der Waals surface area (Å²) in [4.78, 5) is 25.3. The summed E-state index contributed by atoms with van der Waals surface area (Å²) < 4.78 is 27.9. The minimum atomic E-state index is -0.965. The van der Waals surface area contributed by atoms with E-state index >= 15 is 0 Å². The number of carbonyl (C=O) groups is 1. The van der Waals surface area contributed by atoms with Crippen molar-refractivity contribution >= 4 is 18.0 Å². The largest absolute Gasteiger partial charge is 0.353 e. The number of nitrogens with zero attached hydrogens (tertiary/aromatic N) is 4. The Labute approximate surface area is 173 Å². The van der Waals surface area contributed by atoms with Gasteiger partial charge in [0.25, 0.3) is 0 Å². The maximum atomic E-state index is 14.2. The van der Waals surface area contributed by atoms with Crippen molar-refractivity contribution < 1.29 is 13.6 Å². The zero-order valence-electron chi connectivity index (χ0n) is 16.4. The number of alkyl halides is 1. The van der Waals surface area contributed by atoms with Crippen molar-refractivity contribution in [1.82, 2.24) is 15.0 Å². The van der Waals surface area contributed by atoms with Gasteiger partial charge in [-0.05, 0) is 42.7 Å². The van der Waals surface area contributed by atoms with Gasteiger partial charge in [0.2, 0.25) is 12.4 Å². The van der Waals surface area contributed by atoms with Crippen LogP contribution >= 0.6 is 0 Å². The molecule has 1 fully saturated rings. The number of carbonyl (C=O) groups excluding carboxylic acids is 1. The van der Waals surface area contributed by atoms with E-state index in [1.807, 2.05) is 24.3 Å². The number of benzene rings is 1. The molecule has 154 valence electrons. The molecule has 3 aromatic rings. The van der Waals surface area contributed by atoms with Gasteiger partial charge >= 0.3 is 0 Å². The van der Waals surface area contributed by atoms with Crippen molar-refractivity contribution in [2.24, 2.45) is 0 Å². The lowest BCUT2D eigenvalue weighted by molar-refractivity contribution is -0.107. The van der Waals surface area contributed by atoms with Gasteiger partial charge in [-0.25, -0.2) is 18.7 Å². The van der Waals surface area contributed by atoms with E-state index < -0.39 is 17.4 Å². The highest BCUT2D eigenvalue weighted by atomic mass is 19.1. The van der Waals surface area contributed by atoms with Crippen LogP contribution in [0.2, 0.25) is 0 Å². The molecule has 0 saturated heterocycles. The fraction of sp³-hybridized carbons (Fsp3) is 0.273. The molecule has 2 aromatic heterocycles. The highest BCUT2D eigenvalue weighted by molar-refractivity contribution is 5.77. The third-order valence-corrected chi connectivity index (χ3v) is 5.47. The molecular formula is C22H21F2N5O. The van der Waals surface area contributed by atoms with Gasteiger partial charge in [-0.3, -0.25) is 9.78 Å². The van der Waals surface area contributed by atoms with Gasteiger partial charge in [-0.15, -0.1) is 0 Å². The van der Waals surface area contributed by atoms with Gasteiger partial charge in [0, 0.05) is 48.8 Å². The van der Waals surface area contributed by atoms with Crippen LogP contribution in [0.15, 0.2) is 55.0 Å². The van der Waals surface area contributed by atoms with Crippen molar-refractivity contribution in [3.8, 4) is 11.1 Å². The van der Waals surface area contributed by atoms with E-state index in [0.29, 0.717) is 12.5 Å². The summed E-state index contributed by atoms with van der Waals surface area (Å²) in [6.07, 6.45) is 5.06. The van der Waals surface area contributed by atoms with E-state index in [1.165, 1.54) is 23.2 Å². The van der Waals surface area contributed by atoms with Crippen LogP contribution in [0.25, 0.3) is 11.1 Å². The molecular weight excluding hydrogens is 388 g/mol. The third-order valence-electron chi connectivity index (χ3n) is 5.47. The molecule has 0 bridgehead atoms. The SMILES string of the molecule is CN(C=O)c1cccc(-c2cnc(NCC3(c4ncccc4F)CC(F)C3)nc2)c1. The first kappa shape index (κ1) is 19.9. The van der Waals surface area contributed by atoms with Gasteiger partial charge in [0.05, 0.1) is 5.69 Å². The van der Waals surface area contributed by atoms with E-state index in [9.17, 15) is 13.6 Å². The fourth-order valence-corrected chi connectivity index (χ4v) is 3.77. The molecule has 0 unspecified atom stereocenters. The maximum Gasteiger partial charge on any atom is 0.222 e. The number of amides is 1. The van der Waals surface area contributed by atoms with Crippen LogP contribution in [0, 0.1) is 5.82 Å². The zero-order chi connectivity index (χ0) is 21.1. The van der Waals surface area contributed by atoms with Gasteiger partial charge in [0.1, 0.15) is 12.0 Å². The molecule has 0 radical (unpaired) electrons. The number of rotatable bonds is 7. The predicted molar refractivity (Wildman–Crippen MR) is 110 cm³/mol. The topological polar surface area (TPSA) is 71.0 Å². The standard InChI is InChI=1S/C22H21F2N5O/c1-29(14-30)18-5-2-4-15(8-18)16-11-26-21(27-12-16)28-13-22(9-17(23)10-22)20-19(24)6-3-7-25-20/h2-8,11-12,14,17H,9-10,13H2,1H3,(H,26,27,28). The Hall–Kier alpha value is -3.42. The first-order valence-corrected chi connectivity index (χ1v) is 9.60. The summed E-state index contributed by atoms with van der Waals surface area (Å²) in [6, 6.07) is 10.3. The van der Waals surface area contributed by atoms with Crippen molar-refractivity contribution in [1.29, 1.82) is 0 Å². The van der Waals surface area contributed by atoms with Gasteiger partial charge in [0.15, 0.2) is 0 Å². The van der Waals surface area contributed by atoms with E-state index in [4.69, 9.17) is 0 Å². The summed E-state index contributed by atoms with van der Waals surface area (Å²) in [5, 5.41) is 3.10. The number of halogens is 2. The Balaban J connectivity index is 1.49. The summed E-state index contributed by atoms with van der Waals surface area (Å²) in [5.74, 6) is -0.0550. The minimum Gasteiger partial charge on any atom is -0.353 e. The number of nitrogens with one attached hydrogen (secondary N) is 1. The lowest BCUT2D eigenvalue weighted by atomic mass is 9.65. The Bertz CT molecular complexity index is 1040. The summed E-state index contributed by atoms with van der Waals surface area (Å²) in [6.45, 7) is 0.292. The molecule has 1 amide bonds. The van der Waals surface area contributed by atoms with Crippen LogP contribution < -0.4 is 10.2 Å². The molecule has 1 aliphatic rings. The van der Waals surface area contributed by atoms with Gasteiger partial charge in [-0.1, -0.05) is 12.1 Å². The number of hydrogen-bond acceptors (Lipinski definition) is 5. The van der Waals surface area contributed by atoms with Gasteiger partial charge < -0.3 is 10.2 Å². The summed E-state index contributed by atoms with van der Waals surface area (Å²) >= 11 is 0. The molecule has 30 heavy (non-hydrogen) atoms. The van der Waals surface area contributed by atoms with Crippen LogP contribution in [0.4, 0.5) is 20.4 Å². The number of hydrogen-bond donors (Lipinski definition) is 1. The Morgan fingerprint density at radius 1 is 1.17 bits per heavy atom. The monoisotopic (exact) mass is 409 g/mol. The molecule has 4 rings (SSSR count). The van der Waals surface area contributed by atoms with Crippen molar-refractivity contribution in [2.75, 3.05) is 23.8 Å². The molecule has 1 N–H and O–H groups in total. The Morgan fingerprint density at radius 2 is 1.93 bits per heavy atom. The number of anilines is 2. The third kappa shape index (κ3) is 3.85. The van der Waals surface area contributed by atoms with Crippen molar-refractivity contribution in [2.45, 2.75) is 24.4 Å². The first-order chi connectivity index (χ1) is 14.5. The molecule has 1 saturated carbocycles. The average molecular weight is 409 g/mol.